The molecule has 0 spiro atoms. The van der Waals surface area contributed by atoms with E-state index in [-0.39, 0.29) is 5.82 Å². The third kappa shape index (κ3) is 7.62. The van der Waals surface area contributed by atoms with Crippen LogP contribution in [0.2, 0.25) is 0 Å². The van der Waals surface area contributed by atoms with Gasteiger partial charge in [-0.15, -0.1) is 6.58 Å². The maximum Gasteiger partial charge on any atom is 0.131 e. The van der Waals surface area contributed by atoms with Gasteiger partial charge in [-0.2, -0.15) is 0 Å². The second-order valence-electron chi connectivity index (χ2n) is 10.9. The van der Waals surface area contributed by atoms with Gasteiger partial charge in [-0.25, -0.2) is 4.39 Å². The van der Waals surface area contributed by atoms with Crippen LogP contribution in [-0.4, -0.2) is 17.7 Å². The standard InChI is InChI=1S/C33H44FNO/c1-3-5-6-7-30-18-16-29(24-35-30)32-21-17-28(23-33(32)34)27-14-10-25(11-15-27)8-9-26-12-19-31(20-13-26)36-22-4-2/h4,8-9,16-18,21,23-27,31H,2-3,5-7,10-15,19-20,22H2,1H3. The Balaban J connectivity index is 1.25. The van der Waals surface area contributed by atoms with Gasteiger partial charge in [0.25, 0.3) is 0 Å². The molecule has 1 aromatic carbocycles. The average Bonchev–Trinajstić information content (AvgIpc) is 2.92. The number of halogens is 1. The molecule has 2 aliphatic rings. The maximum atomic E-state index is 15.1. The topological polar surface area (TPSA) is 22.1 Å². The number of aryl methyl sites for hydroxylation is 1. The zero-order valence-corrected chi connectivity index (χ0v) is 22.1. The fraction of sp³-hybridized carbons (Fsp3) is 0.545. The molecule has 0 atom stereocenters. The monoisotopic (exact) mass is 489 g/mol. The molecule has 0 unspecified atom stereocenters. The van der Waals surface area contributed by atoms with E-state index in [4.69, 9.17) is 4.74 Å². The Labute approximate surface area is 218 Å². The van der Waals surface area contributed by atoms with Crippen LogP contribution >= 0.6 is 0 Å². The van der Waals surface area contributed by atoms with Crippen molar-refractivity contribution in [2.24, 2.45) is 11.8 Å². The molecule has 1 heterocycles. The zero-order valence-electron chi connectivity index (χ0n) is 22.1. The van der Waals surface area contributed by atoms with E-state index in [1.165, 1.54) is 38.5 Å². The molecule has 3 heteroatoms. The minimum atomic E-state index is -0.122. The Bertz CT molecular complexity index is 966. The number of aromatic nitrogens is 1. The second-order valence-corrected chi connectivity index (χ2v) is 10.9. The highest BCUT2D eigenvalue weighted by atomic mass is 19.1. The molecule has 0 radical (unpaired) electrons. The highest BCUT2D eigenvalue weighted by Gasteiger charge is 2.23. The third-order valence-electron chi connectivity index (χ3n) is 8.23. The van der Waals surface area contributed by atoms with Crippen LogP contribution in [0.25, 0.3) is 11.1 Å². The van der Waals surface area contributed by atoms with Gasteiger partial charge in [-0.05, 0) is 99.7 Å². The van der Waals surface area contributed by atoms with Gasteiger partial charge >= 0.3 is 0 Å². The van der Waals surface area contributed by atoms with Gasteiger partial charge in [0.05, 0.1) is 12.7 Å². The summed E-state index contributed by atoms with van der Waals surface area (Å²) in [5.74, 6) is 1.72. The summed E-state index contributed by atoms with van der Waals surface area (Å²) in [7, 11) is 0. The predicted octanol–water partition coefficient (Wildman–Crippen LogP) is 9.21. The van der Waals surface area contributed by atoms with Crippen LogP contribution in [0.5, 0.6) is 0 Å². The normalized spacial score (nSPS) is 24.7. The molecule has 2 nitrogen and oxygen atoms in total. The lowest BCUT2D eigenvalue weighted by atomic mass is 9.77. The number of allylic oxidation sites excluding steroid dienone is 2. The van der Waals surface area contributed by atoms with Crippen LogP contribution < -0.4 is 0 Å². The Morgan fingerprint density at radius 2 is 1.67 bits per heavy atom. The van der Waals surface area contributed by atoms with Crippen LogP contribution in [0, 0.1) is 17.7 Å². The zero-order chi connectivity index (χ0) is 25.2. The first-order valence-corrected chi connectivity index (χ1v) is 14.3. The van der Waals surface area contributed by atoms with Crippen LogP contribution in [0.1, 0.15) is 94.7 Å². The van der Waals surface area contributed by atoms with Crippen molar-refractivity contribution in [3.63, 3.8) is 0 Å². The Morgan fingerprint density at radius 1 is 0.944 bits per heavy atom. The first kappa shape index (κ1) is 26.8. The van der Waals surface area contributed by atoms with E-state index in [0.717, 1.165) is 55.3 Å². The first-order valence-electron chi connectivity index (χ1n) is 14.3. The SMILES string of the molecule is C=CCOC1CCC(C=CC2CCC(c3ccc(-c4ccc(CCCCC)nc4)c(F)c3)CC2)CC1. The van der Waals surface area contributed by atoms with E-state index in [0.29, 0.717) is 36.0 Å². The maximum absolute atomic E-state index is 15.1. The predicted molar refractivity (Wildman–Crippen MR) is 149 cm³/mol. The number of rotatable bonds is 11. The number of ether oxygens (including phenoxy) is 1. The molecule has 2 saturated carbocycles. The first-order chi connectivity index (χ1) is 17.7. The molecule has 0 amide bonds. The lowest BCUT2D eigenvalue weighted by molar-refractivity contribution is 0.0396. The van der Waals surface area contributed by atoms with Crippen molar-refractivity contribution in [2.45, 2.75) is 96.0 Å². The molecule has 0 saturated heterocycles. The average molecular weight is 490 g/mol. The van der Waals surface area contributed by atoms with E-state index in [1.807, 2.05) is 24.4 Å². The smallest absolute Gasteiger partial charge is 0.131 e. The molecule has 2 aromatic rings. The van der Waals surface area contributed by atoms with Crippen molar-refractivity contribution < 1.29 is 9.13 Å². The molecule has 1 aromatic heterocycles. The van der Waals surface area contributed by atoms with Crippen molar-refractivity contribution >= 4 is 0 Å². The number of unbranched alkanes of at least 4 members (excludes halogenated alkanes) is 2. The van der Waals surface area contributed by atoms with E-state index >= 15 is 4.39 Å². The van der Waals surface area contributed by atoms with Gasteiger partial charge in [-0.3, -0.25) is 4.98 Å². The van der Waals surface area contributed by atoms with Gasteiger partial charge in [0.15, 0.2) is 0 Å². The van der Waals surface area contributed by atoms with Crippen molar-refractivity contribution in [3.8, 4) is 11.1 Å². The summed E-state index contributed by atoms with van der Waals surface area (Å²) >= 11 is 0. The summed E-state index contributed by atoms with van der Waals surface area (Å²) in [6, 6.07) is 9.94. The molecule has 0 aliphatic heterocycles. The Morgan fingerprint density at radius 3 is 2.28 bits per heavy atom. The summed E-state index contributed by atoms with van der Waals surface area (Å²) in [5, 5.41) is 0. The lowest BCUT2D eigenvalue weighted by Crippen LogP contribution is -2.21. The summed E-state index contributed by atoms with van der Waals surface area (Å²) < 4.78 is 20.9. The molecule has 4 rings (SSSR count). The van der Waals surface area contributed by atoms with Gasteiger partial charge in [0.1, 0.15) is 5.82 Å². The van der Waals surface area contributed by atoms with Gasteiger partial charge in [0, 0.05) is 23.0 Å². The number of hydrogen-bond donors (Lipinski definition) is 0. The van der Waals surface area contributed by atoms with E-state index < -0.39 is 0 Å². The highest BCUT2D eigenvalue weighted by Crippen LogP contribution is 2.38. The Hall–Kier alpha value is -2.26. The Kier molecular flexibility index (Phi) is 10.3. The van der Waals surface area contributed by atoms with Gasteiger partial charge in [0.2, 0.25) is 0 Å². The molecule has 0 bridgehead atoms. The highest BCUT2D eigenvalue weighted by molar-refractivity contribution is 5.63. The van der Waals surface area contributed by atoms with Crippen molar-refractivity contribution in [1.82, 2.24) is 4.98 Å². The van der Waals surface area contributed by atoms with Crippen LogP contribution in [0.3, 0.4) is 0 Å². The summed E-state index contributed by atoms with van der Waals surface area (Å²) in [6.45, 7) is 6.62. The number of hydrogen-bond acceptors (Lipinski definition) is 2. The van der Waals surface area contributed by atoms with Gasteiger partial charge < -0.3 is 4.74 Å². The minimum Gasteiger partial charge on any atom is -0.374 e. The molecular weight excluding hydrogens is 445 g/mol. The largest absolute Gasteiger partial charge is 0.374 e. The molecule has 2 aliphatic carbocycles. The fourth-order valence-electron chi connectivity index (χ4n) is 5.92. The third-order valence-corrected chi connectivity index (χ3v) is 8.23. The van der Waals surface area contributed by atoms with E-state index in [1.54, 1.807) is 6.07 Å². The van der Waals surface area contributed by atoms with Crippen LogP contribution in [0.15, 0.2) is 61.3 Å². The summed E-state index contributed by atoms with van der Waals surface area (Å²) in [5.41, 5.74) is 3.78. The van der Waals surface area contributed by atoms with Gasteiger partial charge in [-0.1, -0.05) is 56.2 Å². The lowest BCUT2D eigenvalue weighted by Gasteiger charge is -2.29. The van der Waals surface area contributed by atoms with Crippen LogP contribution in [-0.2, 0) is 11.2 Å². The molecule has 2 fully saturated rings. The van der Waals surface area contributed by atoms with Crippen molar-refractivity contribution in [3.05, 3.63) is 78.4 Å². The summed E-state index contributed by atoms with van der Waals surface area (Å²) in [6.07, 6.45) is 23.1. The van der Waals surface area contributed by atoms with Crippen LogP contribution in [0.4, 0.5) is 4.39 Å². The molecule has 36 heavy (non-hydrogen) atoms. The number of pyridine rings is 1. The van der Waals surface area contributed by atoms with E-state index in [2.05, 4.69) is 42.8 Å². The minimum absolute atomic E-state index is 0.122. The van der Waals surface area contributed by atoms with E-state index in [9.17, 15) is 0 Å². The summed E-state index contributed by atoms with van der Waals surface area (Å²) in [4.78, 5) is 4.57. The van der Waals surface area contributed by atoms with Crippen molar-refractivity contribution in [2.75, 3.05) is 6.61 Å². The quantitative estimate of drug-likeness (QED) is 0.232. The fourth-order valence-corrected chi connectivity index (χ4v) is 5.92. The molecule has 194 valence electrons. The van der Waals surface area contributed by atoms with Crippen molar-refractivity contribution in [1.29, 1.82) is 0 Å². The second kappa shape index (κ2) is 13.9. The number of nitrogens with zero attached hydrogens (tertiary/aromatic N) is 1. The molecular formula is C33H44FNO. The molecule has 0 N–H and O–H groups in total. The number of benzene rings is 1.